The van der Waals surface area contributed by atoms with Crippen molar-refractivity contribution in [3.63, 3.8) is 0 Å². The molecule has 0 atom stereocenters. The number of benzene rings is 1. The van der Waals surface area contributed by atoms with Crippen molar-refractivity contribution in [2.24, 2.45) is 0 Å². The maximum atomic E-state index is 12.0. The van der Waals surface area contributed by atoms with Gasteiger partial charge < -0.3 is 20.6 Å². The molecule has 0 bridgehead atoms. The Morgan fingerprint density at radius 3 is 1.77 bits per heavy atom. The Kier molecular flexibility index (Phi) is 11.3. The third-order valence-corrected chi connectivity index (χ3v) is 5.99. The van der Waals surface area contributed by atoms with E-state index in [0.29, 0.717) is 11.4 Å². The Morgan fingerprint density at radius 2 is 1.31 bits per heavy atom. The molecule has 0 aliphatic rings. The summed E-state index contributed by atoms with van der Waals surface area (Å²) in [4.78, 5) is 29.3. The first-order valence-electron chi connectivity index (χ1n) is 12.3. The highest BCUT2D eigenvalue weighted by molar-refractivity contribution is 9.10. The van der Waals surface area contributed by atoms with Gasteiger partial charge in [-0.25, -0.2) is 0 Å². The molecule has 4 N–H and O–H groups in total. The topological polar surface area (TPSA) is 89.8 Å². The van der Waals surface area contributed by atoms with Crippen LogP contribution in [-0.2, 0) is 5.41 Å². The van der Waals surface area contributed by atoms with Crippen molar-refractivity contribution < 1.29 is 9.59 Å². The number of aromatic amines is 2. The molecule has 6 nitrogen and oxygen atoms in total. The van der Waals surface area contributed by atoms with Crippen LogP contribution >= 0.6 is 15.9 Å². The Bertz CT molecular complexity index is 1060. The molecule has 0 saturated carbocycles. The lowest BCUT2D eigenvalue weighted by molar-refractivity contribution is 0.0940. The van der Waals surface area contributed by atoms with Crippen molar-refractivity contribution in [1.82, 2.24) is 20.6 Å². The van der Waals surface area contributed by atoms with Gasteiger partial charge in [-0.05, 0) is 63.0 Å². The zero-order valence-electron chi connectivity index (χ0n) is 21.6. The average molecular weight is 544 g/mol. The Labute approximate surface area is 217 Å². The summed E-state index contributed by atoms with van der Waals surface area (Å²) in [5, 5.41) is 5.75. The minimum absolute atomic E-state index is 0.0361. The van der Waals surface area contributed by atoms with E-state index in [1.165, 1.54) is 5.56 Å². The van der Waals surface area contributed by atoms with E-state index in [1.807, 2.05) is 12.3 Å². The monoisotopic (exact) mass is 542 g/mol. The fourth-order valence-electron chi connectivity index (χ4n) is 3.30. The number of halogens is 1. The molecule has 2 aromatic heterocycles. The van der Waals surface area contributed by atoms with E-state index < -0.39 is 0 Å². The summed E-state index contributed by atoms with van der Waals surface area (Å²) in [6, 6.07) is 12.2. The molecule has 0 aliphatic carbocycles. The highest BCUT2D eigenvalue weighted by atomic mass is 79.9. The van der Waals surface area contributed by atoms with Crippen LogP contribution in [0.25, 0.3) is 11.1 Å². The third-order valence-electron chi connectivity index (χ3n) is 5.54. The zero-order valence-corrected chi connectivity index (χ0v) is 23.1. The van der Waals surface area contributed by atoms with Gasteiger partial charge >= 0.3 is 0 Å². The highest BCUT2D eigenvalue weighted by Gasteiger charge is 2.14. The quantitative estimate of drug-likeness (QED) is 0.223. The van der Waals surface area contributed by atoms with E-state index in [4.69, 9.17) is 0 Å². The summed E-state index contributed by atoms with van der Waals surface area (Å²) in [5.74, 6) is -0.0786. The van der Waals surface area contributed by atoms with Gasteiger partial charge in [0.15, 0.2) is 0 Å². The number of aromatic nitrogens is 2. The van der Waals surface area contributed by atoms with Gasteiger partial charge in [0.1, 0.15) is 11.4 Å². The van der Waals surface area contributed by atoms with Crippen LogP contribution in [0.1, 0.15) is 86.8 Å². The minimum atomic E-state index is -0.0425. The van der Waals surface area contributed by atoms with Crippen molar-refractivity contribution in [1.29, 1.82) is 0 Å². The number of rotatable bonds is 9. The molecule has 2 amide bonds. The van der Waals surface area contributed by atoms with E-state index in [-0.39, 0.29) is 17.2 Å². The molecule has 0 radical (unpaired) electrons. The fraction of sp³-hybridized carbons (Fsp3) is 0.429. The van der Waals surface area contributed by atoms with Crippen LogP contribution in [0.5, 0.6) is 0 Å². The molecule has 0 spiro atoms. The van der Waals surface area contributed by atoms with Crippen molar-refractivity contribution in [3.05, 3.63) is 70.2 Å². The summed E-state index contributed by atoms with van der Waals surface area (Å²) in [6.07, 6.45) is 7.84. The lowest BCUT2D eigenvalue weighted by atomic mass is 9.86. The van der Waals surface area contributed by atoms with Crippen LogP contribution in [-0.4, -0.2) is 34.9 Å². The number of hydrogen-bond donors (Lipinski definition) is 4. The molecular weight excluding hydrogens is 504 g/mol. The standard InChI is InChI=1S/C19H26N2O.C9H13BrN2O/c1-5-6-11-20-18(22)17-12-15(13-21-17)14-7-9-16(10-8-14)19(2,3)4;1-2-3-4-11-9(13)8-5-7(10)6-12-8/h7-10,12-13,21H,5-6,11H2,1-4H3,(H,20,22);5-6,12H,2-4H2,1H3,(H,11,13). The second-order valence-electron chi connectivity index (χ2n) is 9.58. The minimum Gasteiger partial charge on any atom is -0.357 e. The molecule has 3 rings (SSSR count). The van der Waals surface area contributed by atoms with Crippen LogP contribution in [0.3, 0.4) is 0 Å². The number of carbonyl (C=O) groups excluding carboxylic acids is 2. The second kappa shape index (κ2) is 13.9. The van der Waals surface area contributed by atoms with Crippen LogP contribution < -0.4 is 10.6 Å². The van der Waals surface area contributed by atoms with Crippen molar-refractivity contribution in [2.75, 3.05) is 13.1 Å². The van der Waals surface area contributed by atoms with Gasteiger partial charge in [-0.1, -0.05) is 71.7 Å². The normalized spacial score (nSPS) is 10.9. The van der Waals surface area contributed by atoms with Crippen molar-refractivity contribution in [3.8, 4) is 11.1 Å². The van der Waals surface area contributed by atoms with E-state index in [2.05, 4.69) is 95.4 Å². The lowest BCUT2D eigenvalue weighted by Crippen LogP contribution is -2.24. The zero-order chi connectivity index (χ0) is 25.8. The van der Waals surface area contributed by atoms with Crippen molar-refractivity contribution in [2.45, 2.75) is 65.7 Å². The van der Waals surface area contributed by atoms with Crippen LogP contribution in [0.15, 0.2) is 53.3 Å². The molecule has 0 saturated heterocycles. The van der Waals surface area contributed by atoms with Gasteiger partial charge in [0.2, 0.25) is 0 Å². The van der Waals surface area contributed by atoms with Gasteiger partial charge in [-0.15, -0.1) is 0 Å². The van der Waals surface area contributed by atoms with E-state index in [9.17, 15) is 9.59 Å². The number of unbranched alkanes of at least 4 members (excludes halogenated alkanes) is 2. The third kappa shape index (κ3) is 9.40. The maximum absolute atomic E-state index is 12.0. The second-order valence-corrected chi connectivity index (χ2v) is 10.5. The molecule has 190 valence electrons. The van der Waals surface area contributed by atoms with E-state index >= 15 is 0 Å². The van der Waals surface area contributed by atoms with E-state index in [1.54, 1.807) is 12.3 Å². The predicted octanol–water partition coefficient (Wildman–Crippen LogP) is 6.82. The largest absolute Gasteiger partial charge is 0.357 e. The van der Waals surface area contributed by atoms with E-state index in [0.717, 1.165) is 54.4 Å². The Morgan fingerprint density at radius 1 is 0.800 bits per heavy atom. The predicted molar refractivity (Wildman–Crippen MR) is 148 cm³/mol. The molecule has 0 fully saturated rings. The molecule has 0 aliphatic heterocycles. The Balaban J connectivity index is 0.000000283. The first-order valence-corrected chi connectivity index (χ1v) is 13.1. The summed E-state index contributed by atoms with van der Waals surface area (Å²) >= 11 is 3.27. The molecule has 2 heterocycles. The lowest BCUT2D eigenvalue weighted by Gasteiger charge is -2.19. The van der Waals surface area contributed by atoms with Gasteiger partial charge in [0.25, 0.3) is 11.8 Å². The molecule has 0 unspecified atom stereocenters. The number of nitrogens with one attached hydrogen (secondary N) is 4. The van der Waals surface area contributed by atoms with Gasteiger partial charge in [0, 0.05) is 30.0 Å². The molecule has 35 heavy (non-hydrogen) atoms. The first kappa shape index (κ1) is 28.4. The van der Waals surface area contributed by atoms with Gasteiger partial charge in [-0.3, -0.25) is 9.59 Å². The summed E-state index contributed by atoms with van der Waals surface area (Å²) in [6.45, 7) is 12.3. The van der Waals surface area contributed by atoms with Gasteiger partial charge in [-0.2, -0.15) is 0 Å². The van der Waals surface area contributed by atoms with Gasteiger partial charge in [0.05, 0.1) is 0 Å². The summed E-state index contributed by atoms with van der Waals surface area (Å²) in [5.41, 5.74) is 4.84. The number of hydrogen-bond acceptors (Lipinski definition) is 2. The fourth-order valence-corrected chi connectivity index (χ4v) is 3.65. The average Bonchev–Trinajstić information content (AvgIpc) is 3.49. The van der Waals surface area contributed by atoms with Crippen LogP contribution in [0.2, 0.25) is 0 Å². The molecule has 1 aromatic carbocycles. The smallest absolute Gasteiger partial charge is 0.267 e. The Hall–Kier alpha value is -2.80. The number of H-pyrrole nitrogens is 2. The van der Waals surface area contributed by atoms with Crippen LogP contribution in [0, 0.1) is 0 Å². The maximum Gasteiger partial charge on any atom is 0.267 e. The summed E-state index contributed by atoms with van der Waals surface area (Å²) in [7, 11) is 0. The van der Waals surface area contributed by atoms with Crippen molar-refractivity contribution >= 4 is 27.7 Å². The SMILES string of the molecule is CCCCNC(=O)c1cc(-c2ccc(C(C)(C)C)cc2)c[nH]1.CCCCNC(=O)c1cc(Br)c[nH]1. The first-order chi connectivity index (χ1) is 16.7. The number of amides is 2. The summed E-state index contributed by atoms with van der Waals surface area (Å²) < 4.78 is 0.896. The highest BCUT2D eigenvalue weighted by Crippen LogP contribution is 2.26. The molecule has 3 aromatic rings. The van der Waals surface area contributed by atoms with Crippen LogP contribution in [0.4, 0.5) is 0 Å². The molecular formula is C28H39BrN4O2. The molecule has 7 heteroatoms. The number of carbonyl (C=O) groups is 2.